The number of carbonyl (C=O) groups is 1. The summed E-state index contributed by atoms with van der Waals surface area (Å²) in [6, 6.07) is 5.16. The number of benzene rings is 1. The van der Waals surface area contributed by atoms with Crippen molar-refractivity contribution in [3.8, 4) is 5.69 Å². The third kappa shape index (κ3) is 2.95. The smallest absolute Gasteiger partial charge is 0.253 e. The van der Waals surface area contributed by atoms with Crippen LogP contribution < -0.4 is 11.1 Å². The molecule has 0 bridgehead atoms. The first-order valence-electron chi connectivity index (χ1n) is 7.23. The van der Waals surface area contributed by atoms with Crippen LogP contribution in [0.3, 0.4) is 0 Å². The Balaban J connectivity index is 1.87. The lowest BCUT2D eigenvalue weighted by molar-refractivity contribution is 0.0928. The lowest BCUT2D eigenvalue weighted by Crippen LogP contribution is -2.40. The zero-order valence-corrected chi connectivity index (χ0v) is 12.7. The Labute approximate surface area is 132 Å². The molecule has 116 valence electrons. The number of tetrazole rings is 1. The Hall–Kier alpha value is -1.99. The second kappa shape index (κ2) is 6.41. The van der Waals surface area contributed by atoms with Crippen molar-refractivity contribution in [1.82, 2.24) is 25.5 Å². The molecule has 1 aliphatic rings. The molecular weight excluding hydrogens is 304 g/mol. The molecule has 3 N–H and O–H groups in total. The van der Waals surface area contributed by atoms with Crippen molar-refractivity contribution in [2.75, 3.05) is 6.54 Å². The van der Waals surface area contributed by atoms with Gasteiger partial charge in [0.05, 0.1) is 11.3 Å². The second-order valence-electron chi connectivity index (χ2n) is 5.42. The summed E-state index contributed by atoms with van der Waals surface area (Å²) in [5, 5.41) is 14.6. The van der Waals surface area contributed by atoms with Crippen molar-refractivity contribution >= 4 is 17.5 Å². The molecule has 3 rings (SSSR count). The third-order valence-corrected chi connectivity index (χ3v) is 4.31. The van der Waals surface area contributed by atoms with E-state index >= 15 is 0 Å². The number of amides is 1. The van der Waals surface area contributed by atoms with E-state index in [1.807, 2.05) is 0 Å². The standard InChI is InChI=1S/C14H17ClN6O/c15-10-4-5-13(21-8-17-19-20-21)11(6-10)14(22)18-12-3-1-2-9(12)7-16/h4-6,8-9,12H,1-3,7,16H2,(H,18,22). The first-order chi connectivity index (χ1) is 10.7. The topological polar surface area (TPSA) is 98.7 Å². The van der Waals surface area contributed by atoms with Gasteiger partial charge in [0.1, 0.15) is 6.33 Å². The van der Waals surface area contributed by atoms with Crippen LogP contribution in [0.2, 0.25) is 5.02 Å². The maximum absolute atomic E-state index is 12.6. The highest BCUT2D eigenvalue weighted by atomic mass is 35.5. The van der Waals surface area contributed by atoms with E-state index in [0.717, 1.165) is 19.3 Å². The number of aromatic nitrogens is 4. The van der Waals surface area contributed by atoms with Crippen LogP contribution in [0.15, 0.2) is 24.5 Å². The van der Waals surface area contributed by atoms with Crippen LogP contribution >= 0.6 is 11.6 Å². The van der Waals surface area contributed by atoms with E-state index in [4.69, 9.17) is 17.3 Å². The van der Waals surface area contributed by atoms with Gasteiger partial charge in [-0.15, -0.1) is 5.10 Å². The van der Waals surface area contributed by atoms with Crippen molar-refractivity contribution in [3.63, 3.8) is 0 Å². The molecule has 1 aliphatic carbocycles. The minimum Gasteiger partial charge on any atom is -0.349 e. The molecule has 1 saturated carbocycles. The van der Waals surface area contributed by atoms with Crippen molar-refractivity contribution in [2.24, 2.45) is 11.7 Å². The quantitative estimate of drug-likeness (QED) is 0.881. The predicted molar refractivity (Wildman–Crippen MR) is 81.8 cm³/mol. The Kier molecular flexibility index (Phi) is 4.35. The van der Waals surface area contributed by atoms with Crippen LogP contribution in [0.5, 0.6) is 0 Å². The summed E-state index contributed by atoms with van der Waals surface area (Å²) in [6.07, 6.45) is 4.53. The van der Waals surface area contributed by atoms with Crippen molar-refractivity contribution in [2.45, 2.75) is 25.3 Å². The van der Waals surface area contributed by atoms with Gasteiger partial charge in [-0.3, -0.25) is 4.79 Å². The molecular formula is C14H17ClN6O. The summed E-state index contributed by atoms with van der Waals surface area (Å²) in [5.74, 6) is 0.151. The zero-order chi connectivity index (χ0) is 15.5. The molecule has 2 aromatic rings. The normalized spacial score (nSPS) is 21.0. The average Bonchev–Trinajstić information content (AvgIpc) is 3.18. The van der Waals surface area contributed by atoms with Crippen molar-refractivity contribution in [3.05, 3.63) is 35.1 Å². The van der Waals surface area contributed by atoms with Gasteiger partial charge in [0.25, 0.3) is 5.91 Å². The monoisotopic (exact) mass is 320 g/mol. The van der Waals surface area contributed by atoms with Gasteiger partial charge in [0.2, 0.25) is 0 Å². The lowest BCUT2D eigenvalue weighted by Gasteiger charge is -2.20. The summed E-state index contributed by atoms with van der Waals surface area (Å²) in [6.45, 7) is 0.584. The molecule has 0 saturated heterocycles. The molecule has 8 heteroatoms. The molecule has 2 unspecified atom stereocenters. The van der Waals surface area contributed by atoms with Gasteiger partial charge in [-0.25, -0.2) is 0 Å². The van der Waals surface area contributed by atoms with Gasteiger partial charge in [0, 0.05) is 11.1 Å². The molecule has 22 heavy (non-hydrogen) atoms. The highest BCUT2D eigenvalue weighted by molar-refractivity contribution is 6.31. The van der Waals surface area contributed by atoms with Crippen LogP contribution in [0.25, 0.3) is 5.69 Å². The van der Waals surface area contributed by atoms with E-state index in [1.54, 1.807) is 18.2 Å². The number of hydrogen-bond donors (Lipinski definition) is 2. The summed E-state index contributed by atoms with van der Waals surface area (Å²) in [5.41, 5.74) is 6.81. The number of hydrogen-bond acceptors (Lipinski definition) is 5. The van der Waals surface area contributed by atoms with Crippen LogP contribution in [-0.4, -0.2) is 38.7 Å². The molecule has 1 aromatic heterocycles. The highest BCUT2D eigenvalue weighted by Crippen LogP contribution is 2.26. The van der Waals surface area contributed by atoms with E-state index < -0.39 is 0 Å². The second-order valence-corrected chi connectivity index (χ2v) is 5.86. The van der Waals surface area contributed by atoms with Gasteiger partial charge in [-0.2, -0.15) is 4.68 Å². The number of halogens is 1. The largest absolute Gasteiger partial charge is 0.349 e. The maximum atomic E-state index is 12.6. The lowest BCUT2D eigenvalue weighted by atomic mass is 10.0. The summed E-state index contributed by atoms with van der Waals surface area (Å²) < 4.78 is 1.44. The molecule has 0 spiro atoms. The number of nitrogens with zero attached hydrogens (tertiary/aromatic N) is 4. The first-order valence-corrected chi connectivity index (χ1v) is 7.60. The van der Waals surface area contributed by atoms with Crippen molar-refractivity contribution < 1.29 is 4.79 Å². The molecule has 0 aliphatic heterocycles. The van der Waals surface area contributed by atoms with Crippen LogP contribution in [0.4, 0.5) is 0 Å². The molecule has 0 radical (unpaired) electrons. The Morgan fingerprint density at radius 3 is 3.05 bits per heavy atom. The fraction of sp³-hybridized carbons (Fsp3) is 0.429. The van der Waals surface area contributed by atoms with Gasteiger partial charge in [0.15, 0.2) is 0 Å². The molecule has 1 heterocycles. The van der Waals surface area contributed by atoms with Gasteiger partial charge in [-0.1, -0.05) is 18.0 Å². The minimum absolute atomic E-state index is 0.109. The summed E-state index contributed by atoms with van der Waals surface area (Å²) in [7, 11) is 0. The maximum Gasteiger partial charge on any atom is 0.253 e. The van der Waals surface area contributed by atoms with Gasteiger partial charge in [-0.05, 0) is 53.9 Å². The number of nitrogens with one attached hydrogen (secondary N) is 1. The first kappa shape index (κ1) is 14.9. The van der Waals surface area contributed by atoms with E-state index in [2.05, 4.69) is 20.8 Å². The highest BCUT2D eigenvalue weighted by Gasteiger charge is 2.28. The Morgan fingerprint density at radius 1 is 1.45 bits per heavy atom. The Morgan fingerprint density at radius 2 is 2.32 bits per heavy atom. The van der Waals surface area contributed by atoms with E-state index in [-0.39, 0.29) is 11.9 Å². The van der Waals surface area contributed by atoms with Crippen LogP contribution in [0, 0.1) is 5.92 Å². The molecule has 1 amide bonds. The number of carbonyl (C=O) groups excluding carboxylic acids is 1. The fourth-order valence-corrected chi connectivity index (χ4v) is 3.09. The Bertz CT molecular complexity index is 659. The molecule has 2 atom stereocenters. The van der Waals surface area contributed by atoms with E-state index in [0.29, 0.717) is 28.7 Å². The molecule has 7 nitrogen and oxygen atoms in total. The van der Waals surface area contributed by atoms with E-state index in [1.165, 1.54) is 11.0 Å². The van der Waals surface area contributed by atoms with E-state index in [9.17, 15) is 4.79 Å². The average molecular weight is 321 g/mol. The third-order valence-electron chi connectivity index (χ3n) is 4.08. The number of nitrogens with two attached hydrogens (primary N) is 1. The minimum atomic E-state index is -0.182. The number of rotatable bonds is 4. The zero-order valence-electron chi connectivity index (χ0n) is 11.9. The fourth-order valence-electron chi connectivity index (χ4n) is 2.92. The van der Waals surface area contributed by atoms with Crippen molar-refractivity contribution in [1.29, 1.82) is 0 Å². The van der Waals surface area contributed by atoms with Gasteiger partial charge >= 0.3 is 0 Å². The summed E-state index contributed by atoms with van der Waals surface area (Å²) >= 11 is 6.03. The SMILES string of the molecule is NCC1CCCC1NC(=O)c1cc(Cl)ccc1-n1cnnn1. The predicted octanol–water partition coefficient (Wildman–Crippen LogP) is 1.17. The van der Waals surface area contributed by atoms with Crippen LogP contribution in [-0.2, 0) is 0 Å². The molecule has 1 fully saturated rings. The van der Waals surface area contributed by atoms with Gasteiger partial charge < -0.3 is 11.1 Å². The molecule has 1 aromatic carbocycles. The van der Waals surface area contributed by atoms with Crippen LogP contribution in [0.1, 0.15) is 29.6 Å². The summed E-state index contributed by atoms with van der Waals surface area (Å²) in [4.78, 5) is 12.6.